The normalized spacial score (nSPS) is 11.4. The monoisotopic (exact) mass is 270 g/mol. The van der Waals surface area contributed by atoms with Gasteiger partial charge >= 0.3 is 18.0 Å². The molecule has 2 amide bonds. The number of amides is 2. The number of anilines is 1. The number of rotatable bonds is 5. The molecule has 0 spiro atoms. The molecule has 0 bridgehead atoms. The van der Waals surface area contributed by atoms with Crippen LogP contribution < -0.4 is 10.6 Å². The van der Waals surface area contributed by atoms with E-state index in [-0.39, 0.29) is 5.69 Å². The first-order valence-electron chi connectivity index (χ1n) is 5.17. The van der Waals surface area contributed by atoms with Crippen molar-refractivity contribution in [1.29, 1.82) is 0 Å². The first-order chi connectivity index (χ1) is 8.90. The van der Waals surface area contributed by atoms with E-state index in [0.717, 1.165) is 6.07 Å². The van der Waals surface area contributed by atoms with Crippen LogP contribution in [0.15, 0.2) is 24.3 Å². The zero-order chi connectivity index (χ0) is 14.4. The Balaban J connectivity index is 2.65. The van der Waals surface area contributed by atoms with Crippen LogP contribution in [0.25, 0.3) is 0 Å². The van der Waals surface area contributed by atoms with Crippen LogP contribution in [0.5, 0.6) is 0 Å². The van der Waals surface area contributed by atoms with Crippen LogP contribution in [0.1, 0.15) is 6.42 Å². The van der Waals surface area contributed by atoms with Crippen molar-refractivity contribution < 1.29 is 29.0 Å². The standard InChI is InChI=1S/C11H11FN2O5/c12-6-3-1-2-4-7(6)13-11(19)14-8(10(17)18)5-9(15)16/h1-4,8H,5H2,(H,15,16)(H,17,18)(H2,13,14,19)/t8-/m1/s1. The number of nitrogens with one attached hydrogen (secondary N) is 2. The second kappa shape index (κ2) is 6.34. The van der Waals surface area contributed by atoms with E-state index in [1.165, 1.54) is 18.2 Å². The summed E-state index contributed by atoms with van der Waals surface area (Å²) in [6.07, 6.45) is -0.778. The fraction of sp³-hybridized carbons (Fsp3) is 0.182. The molecule has 19 heavy (non-hydrogen) atoms. The Bertz CT molecular complexity index is 506. The molecule has 0 radical (unpaired) electrons. The topological polar surface area (TPSA) is 116 Å². The van der Waals surface area contributed by atoms with Crippen molar-refractivity contribution in [3.63, 3.8) is 0 Å². The molecule has 1 atom stereocenters. The zero-order valence-electron chi connectivity index (χ0n) is 9.59. The van der Waals surface area contributed by atoms with Crippen molar-refractivity contribution in [2.45, 2.75) is 12.5 Å². The van der Waals surface area contributed by atoms with Crippen LogP contribution in [0.2, 0.25) is 0 Å². The minimum absolute atomic E-state index is 0.139. The lowest BCUT2D eigenvalue weighted by Gasteiger charge is -2.13. The van der Waals surface area contributed by atoms with Crippen LogP contribution in [0, 0.1) is 5.82 Å². The van der Waals surface area contributed by atoms with E-state index in [1.807, 2.05) is 5.32 Å². The number of benzene rings is 1. The first kappa shape index (κ1) is 14.4. The van der Waals surface area contributed by atoms with E-state index in [9.17, 15) is 18.8 Å². The van der Waals surface area contributed by atoms with Gasteiger partial charge in [-0.05, 0) is 12.1 Å². The van der Waals surface area contributed by atoms with Gasteiger partial charge < -0.3 is 20.8 Å². The van der Waals surface area contributed by atoms with E-state index in [2.05, 4.69) is 5.32 Å². The van der Waals surface area contributed by atoms with Crippen LogP contribution >= 0.6 is 0 Å². The van der Waals surface area contributed by atoms with Gasteiger partial charge in [-0.2, -0.15) is 0 Å². The molecule has 0 aliphatic heterocycles. The molecule has 1 aromatic carbocycles. The average molecular weight is 270 g/mol. The molecule has 0 aromatic heterocycles. The predicted molar refractivity (Wildman–Crippen MR) is 62.2 cm³/mol. The number of halogens is 1. The Morgan fingerprint density at radius 3 is 2.37 bits per heavy atom. The minimum Gasteiger partial charge on any atom is -0.481 e. The maximum Gasteiger partial charge on any atom is 0.326 e. The Morgan fingerprint density at radius 1 is 1.21 bits per heavy atom. The number of carbonyl (C=O) groups is 3. The van der Waals surface area contributed by atoms with E-state index in [4.69, 9.17) is 10.2 Å². The summed E-state index contributed by atoms with van der Waals surface area (Å²) in [5, 5.41) is 21.2. The van der Waals surface area contributed by atoms with Gasteiger partial charge in [-0.1, -0.05) is 12.1 Å². The molecule has 0 saturated carbocycles. The van der Waals surface area contributed by atoms with Crippen molar-refractivity contribution in [1.82, 2.24) is 5.32 Å². The fourth-order valence-electron chi connectivity index (χ4n) is 1.25. The summed E-state index contributed by atoms with van der Waals surface area (Å²) in [5.41, 5.74) is -0.139. The molecule has 0 aliphatic rings. The van der Waals surface area contributed by atoms with Crippen molar-refractivity contribution >= 4 is 23.7 Å². The van der Waals surface area contributed by atoms with Gasteiger partial charge in [-0.15, -0.1) is 0 Å². The second-order valence-corrected chi connectivity index (χ2v) is 3.57. The number of hydrogen-bond donors (Lipinski definition) is 4. The average Bonchev–Trinajstić information content (AvgIpc) is 2.30. The Morgan fingerprint density at radius 2 is 1.84 bits per heavy atom. The Hall–Kier alpha value is -2.64. The van der Waals surface area contributed by atoms with Crippen LogP contribution in [-0.2, 0) is 9.59 Å². The molecule has 0 unspecified atom stereocenters. The van der Waals surface area contributed by atoms with Gasteiger partial charge in [0.2, 0.25) is 0 Å². The maximum atomic E-state index is 13.2. The van der Waals surface area contributed by atoms with Gasteiger partial charge in [0.25, 0.3) is 0 Å². The maximum absolute atomic E-state index is 13.2. The number of urea groups is 1. The highest BCUT2D eigenvalue weighted by Gasteiger charge is 2.23. The Labute approximate surface area is 107 Å². The molecule has 4 N–H and O–H groups in total. The third kappa shape index (κ3) is 4.62. The lowest BCUT2D eigenvalue weighted by atomic mass is 10.2. The molecule has 102 valence electrons. The SMILES string of the molecule is O=C(O)C[C@@H](NC(=O)Nc1ccccc1F)C(=O)O. The van der Waals surface area contributed by atoms with Crippen LogP contribution in [0.4, 0.5) is 14.9 Å². The molecule has 7 nitrogen and oxygen atoms in total. The molecule has 0 aliphatic carbocycles. The summed E-state index contributed by atoms with van der Waals surface area (Å²) < 4.78 is 13.2. The summed E-state index contributed by atoms with van der Waals surface area (Å²) in [4.78, 5) is 32.5. The third-order valence-electron chi connectivity index (χ3n) is 2.10. The quantitative estimate of drug-likeness (QED) is 0.633. The number of para-hydroxylation sites is 1. The van der Waals surface area contributed by atoms with E-state index in [1.54, 1.807) is 0 Å². The fourth-order valence-corrected chi connectivity index (χ4v) is 1.25. The van der Waals surface area contributed by atoms with Crippen molar-refractivity contribution in [3.8, 4) is 0 Å². The number of carboxylic acid groups (broad SMARTS) is 2. The lowest BCUT2D eigenvalue weighted by Crippen LogP contribution is -2.44. The minimum atomic E-state index is -1.59. The van der Waals surface area contributed by atoms with E-state index < -0.39 is 36.2 Å². The van der Waals surface area contributed by atoms with Gasteiger partial charge in [0.1, 0.15) is 11.9 Å². The summed E-state index contributed by atoms with van der Waals surface area (Å²) in [7, 11) is 0. The molecule has 1 rings (SSSR count). The van der Waals surface area contributed by atoms with E-state index in [0.29, 0.717) is 0 Å². The number of aliphatic carboxylic acids is 2. The summed E-state index contributed by atoms with van der Waals surface area (Å²) in [5.74, 6) is -3.56. The predicted octanol–water partition coefficient (Wildman–Crippen LogP) is 0.875. The molecule has 1 aromatic rings. The molecular formula is C11H11FN2O5. The van der Waals surface area contributed by atoms with Gasteiger partial charge in [-0.25, -0.2) is 14.0 Å². The molecule has 0 fully saturated rings. The smallest absolute Gasteiger partial charge is 0.326 e. The van der Waals surface area contributed by atoms with Gasteiger partial charge in [0.15, 0.2) is 0 Å². The first-order valence-corrected chi connectivity index (χ1v) is 5.17. The van der Waals surface area contributed by atoms with E-state index >= 15 is 0 Å². The molecule has 0 heterocycles. The molecule has 8 heteroatoms. The molecule has 0 saturated heterocycles. The van der Waals surface area contributed by atoms with Crippen molar-refractivity contribution in [3.05, 3.63) is 30.1 Å². The van der Waals surface area contributed by atoms with Crippen LogP contribution in [-0.4, -0.2) is 34.2 Å². The molecular weight excluding hydrogens is 259 g/mol. The van der Waals surface area contributed by atoms with Crippen molar-refractivity contribution in [2.24, 2.45) is 0 Å². The number of carbonyl (C=O) groups excluding carboxylic acids is 1. The summed E-state index contributed by atoms with van der Waals surface area (Å²) in [6.45, 7) is 0. The second-order valence-electron chi connectivity index (χ2n) is 3.57. The zero-order valence-corrected chi connectivity index (χ0v) is 9.59. The largest absolute Gasteiger partial charge is 0.481 e. The van der Waals surface area contributed by atoms with Gasteiger partial charge in [0, 0.05) is 0 Å². The summed E-state index contributed by atoms with van der Waals surface area (Å²) in [6, 6.07) is 2.69. The number of hydrogen-bond acceptors (Lipinski definition) is 3. The lowest BCUT2D eigenvalue weighted by molar-refractivity contribution is -0.145. The van der Waals surface area contributed by atoms with Crippen molar-refractivity contribution in [2.75, 3.05) is 5.32 Å². The summed E-state index contributed by atoms with van der Waals surface area (Å²) >= 11 is 0. The van der Waals surface area contributed by atoms with Gasteiger partial charge in [-0.3, -0.25) is 4.79 Å². The van der Waals surface area contributed by atoms with Crippen LogP contribution in [0.3, 0.4) is 0 Å². The van der Waals surface area contributed by atoms with Gasteiger partial charge in [0.05, 0.1) is 12.1 Å². The highest BCUT2D eigenvalue weighted by atomic mass is 19.1. The highest BCUT2D eigenvalue weighted by Crippen LogP contribution is 2.12. The Kier molecular flexibility index (Phi) is 4.81. The third-order valence-corrected chi connectivity index (χ3v) is 2.10. The highest BCUT2D eigenvalue weighted by molar-refractivity contribution is 5.93. The number of carboxylic acids is 2.